The van der Waals surface area contributed by atoms with Gasteiger partial charge < -0.3 is 14.5 Å². The number of rotatable bonds is 5. The maximum Gasteiger partial charge on any atom is 0.311 e. The number of hydrogen-bond acceptors (Lipinski definition) is 4. The minimum atomic E-state index is -0.807. The molecule has 1 aromatic rings. The number of aromatic nitrogens is 1. The first-order valence-electron chi connectivity index (χ1n) is 7.71. The van der Waals surface area contributed by atoms with Crippen molar-refractivity contribution in [2.24, 2.45) is 11.3 Å². The first kappa shape index (κ1) is 16.5. The van der Waals surface area contributed by atoms with Gasteiger partial charge >= 0.3 is 5.97 Å². The predicted molar refractivity (Wildman–Crippen MR) is 80.4 cm³/mol. The maximum absolute atomic E-state index is 12.4. The highest BCUT2D eigenvalue weighted by molar-refractivity contribution is 5.81. The zero-order valence-corrected chi connectivity index (χ0v) is 13.7. The van der Waals surface area contributed by atoms with E-state index in [-0.39, 0.29) is 11.8 Å². The minimum absolute atomic E-state index is 0.00350. The van der Waals surface area contributed by atoms with Crippen LogP contribution in [-0.4, -0.2) is 40.1 Å². The summed E-state index contributed by atoms with van der Waals surface area (Å²) < 4.78 is 5.10. The standard InChI is InChI=1S/C16H24N2O4/c1-10(2)16(15(20)21)7-8-18(9-16)14(19)6-5-13-11(3)17-22-12(13)4/h10H,5-9H2,1-4H3,(H,20,21). The number of carbonyl (C=O) groups is 2. The van der Waals surface area contributed by atoms with Gasteiger partial charge in [0.05, 0.1) is 11.1 Å². The Morgan fingerprint density at radius 1 is 1.41 bits per heavy atom. The van der Waals surface area contributed by atoms with Crippen molar-refractivity contribution in [3.8, 4) is 0 Å². The molecule has 6 nitrogen and oxygen atoms in total. The van der Waals surface area contributed by atoms with Gasteiger partial charge in [0.25, 0.3) is 0 Å². The molecule has 0 bridgehead atoms. The number of hydrogen-bond donors (Lipinski definition) is 1. The van der Waals surface area contributed by atoms with Crippen LogP contribution in [0.15, 0.2) is 4.52 Å². The molecular weight excluding hydrogens is 284 g/mol. The number of nitrogens with zero attached hydrogens (tertiary/aromatic N) is 2. The number of aliphatic carboxylic acids is 1. The Kier molecular flexibility index (Phi) is 4.58. The van der Waals surface area contributed by atoms with Gasteiger partial charge in [0, 0.05) is 25.1 Å². The zero-order chi connectivity index (χ0) is 16.5. The maximum atomic E-state index is 12.4. The van der Waals surface area contributed by atoms with Gasteiger partial charge in [0.2, 0.25) is 5.91 Å². The van der Waals surface area contributed by atoms with E-state index in [1.165, 1.54) is 0 Å². The summed E-state index contributed by atoms with van der Waals surface area (Å²) in [5.41, 5.74) is 0.980. The van der Waals surface area contributed by atoms with Crippen LogP contribution in [0.5, 0.6) is 0 Å². The number of likely N-dealkylation sites (tertiary alicyclic amines) is 1. The van der Waals surface area contributed by atoms with Crippen LogP contribution < -0.4 is 0 Å². The van der Waals surface area contributed by atoms with E-state index < -0.39 is 11.4 Å². The topological polar surface area (TPSA) is 83.6 Å². The highest BCUT2D eigenvalue weighted by Crippen LogP contribution is 2.38. The Hall–Kier alpha value is -1.85. The second-order valence-corrected chi connectivity index (χ2v) is 6.48. The summed E-state index contributed by atoms with van der Waals surface area (Å²) in [6.45, 7) is 8.34. The first-order chi connectivity index (χ1) is 10.3. The first-order valence-corrected chi connectivity index (χ1v) is 7.71. The summed E-state index contributed by atoms with van der Waals surface area (Å²) in [7, 11) is 0. The molecule has 2 heterocycles. The predicted octanol–water partition coefficient (Wildman–Crippen LogP) is 2.18. The fourth-order valence-electron chi connectivity index (χ4n) is 3.19. The van der Waals surface area contributed by atoms with E-state index in [4.69, 9.17) is 4.52 Å². The quantitative estimate of drug-likeness (QED) is 0.901. The van der Waals surface area contributed by atoms with Crippen LogP contribution in [0, 0.1) is 25.2 Å². The molecule has 1 amide bonds. The van der Waals surface area contributed by atoms with Gasteiger partial charge in [-0.2, -0.15) is 0 Å². The van der Waals surface area contributed by atoms with E-state index in [2.05, 4.69) is 5.16 Å². The third kappa shape index (κ3) is 2.87. The van der Waals surface area contributed by atoms with E-state index in [0.717, 1.165) is 17.0 Å². The van der Waals surface area contributed by atoms with Crippen molar-refractivity contribution < 1.29 is 19.2 Å². The molecule has 22 heavy (non-hydrogen) atoms. The van der Waals surface area contributed by atoms with Crippen molar-refractivity contribution in [3.05, 3.63) is 17.0 Å². The molecule has 122 valence electrons. The van der Waals surface area contributed by atoms with Crippen LogP contribution in [0.4, 0.5) is 0 Å². The number of amides is 1. The molecule has 1 aliphatic rings. The van der Waals surface area contributed by atoms with Gasteiger partial charge in [-0.1, -0.05) is 19.0 Å². The fraction of sp³-hybridized carbons (Fsp3) is 0.688. The number of carboxylic acid groups (broad SMARTS) is 1. The van der Waals surface area contributed by atoms with Gasteiger partial charge in [-0.3, -0.25) is 9.59 Å². The smallest absolute Gasteiger partial charge is 0.311 e. The molecule has 6 heteroatoms. The molecule has 0 aromatic carbocycles. The van der Waals surface area contributed by atoms with Crippen molar-refractivity contribution in [2.45, 2.75) is 47.0 Å². The van der Waals surface area contributed by atoms with E-state index in [9.17, 15) is 14.7 Å². The van der Waals surface area contributed by atoms with E-state index in [0.29, 0.717) is 32.4 Å². The van der Waals surface area contributed by atoms with E-state index in [1.807, 2.05) is 27.7 Å². The van der Waals surface area contributed by atoms with Crippen molar-refractivity contribution in [1.29, 1.82) is 0 Å². The molecule has 1 atom stereocenters. The SMILES string of the molecule is Cc1noc(C)c1CCC(=O)N1CCC(C(=O)O)(C(C)C)C1. The lowest BCUT2D eigenvalue weighted by Gasteiger charge is -2.28. The van der Waals surface area contributed by atoms with E-state index in [1.54, 1.807) is 4.90 Å². The summed E-state index contributed by atoms with van der Waals surface area (Å²) in [4.78, 5) is 25.7. The van der Waals surface area contributed by atoms with Crippen molar-refractivity contribution in [1.82, 2.24) is 10.1 Å². The Morgan fingerprint density at radius 3 is 2.55 bits per heavy atom. The molecule has 1 saturated heterocycles. The third-order valence-electron chi connectivity index (χ3n) is 4.95. The van der Waals surface area contributed by atoms with Crippen molar-refractivity contribution >= 4 is 11.9 Å². The molecule has 0 radical (unpaired) electrons. The second-order valence-electron chi connectivity index (χ2n) is 6.48. The van der Waals surface area contributed by atoms with Crippen LogP contribution in [0.3, 0.4) is 0 Å². The van der Waals surface area contributed by atoms with Crippen LogP contribution in [0.25, 0.3) is 0 Å². The Balaban J connectivity index is 1.99. The van der Waals surface area contributed by atoms with Gasteiger partial charge in [-0.25, -0.2) is 0 Å². The van der Waals surface area contributed by atoms with Crippen LogP contribution >= 0.6 is 0 Å². The van der Waals surface area contributed by atoms with Gasteiger partial charge in [0.1, 0.15) is 5.76 Å². The van der Waals surface area contributed by atoms with Crippen LogP contribution in [0.2, 0.25) is 0 Å². The minimum Gasteiger partial charge on any atom is -0.481 e. The third-order valence-corrected chi connectivity index (χ3v) is 4.95. The van der Waals surface area contributed by atoms with Crippen LogP contribution in [0.1, 0.15) is 43.7 Å². The highest BCUT2D eigenvalue weighted by atomic mass is 16.5. The Labute approximate surface area is 130 Å². The molecular formula is C16H24N2O4. The lowest BCUT2D eigenvalue weighted by molar-refractivity contribution is -0.151. The fourth-order valence-corrected chi connectivity index (χ4v) is 3.19. The molecule has 1 aromatic heterocycles. The Morgan fingerprint density at radius 2 is 2.09 bits per heavy atom. The Bertz CT molecular complexity index is 559. The lowest BCUT2D eigenvalue weighted by atomic mass is 9.76. The molecule has 1 aliphatic heterocycles. The molecule has 1 N–H and O–H groups in total. The largest absolute Gasteiger partial charge is 0.481 e. The average molecular weight is 308 g/mol. The molecule has 1 unspecified atom stereocenters. The molecule has 0 aliphatic carbocycles. The van der Waals surface area contributed by atoms with E-state index >= 15 is 0 Å². The van der Waals surface area contributed by atoms with Crippen molar-refractivity contribution in [2.75, 3.05) is 13.1 Å². The van der Waals surface area contributed by atoms with Gasteiger partial charge in [-0.05, 0) is 32.6 Å². The number of carbonyl (C=O) groups excluding carboxylic acids is 1. The summed E-state index contributed by atoms with van der Waals surface area (Å²) in [6.07, 6.45) is 1.46. The normalized spacial score (nSPS) is 21.6. The molecule has 0 spiro atoms. The summed E-state index contributed by atoms with van der Waals surface area (Å²) >= 11 is 0. The molecule has 0 saturated carbocycles. The summed E-state index contributed by atoms with van der Waals surface area (Å²) in [6, 6.07) is 0. The summed E-state index contributed by atoms with van der Waals surface area (Å²) in [5.74, 6) is -0.0496. The highest BCUT2D eigenvalue weighted by Gasteiger charge is 2.48. The monoisotopic (exact) mass is 308 g/mol. The zero-order valence-electron chi connectivity index (χ0n) is 13.7. The summed E-state index contributed by atoms with van der Waals surface area (Å²) in [5, 5.41) is 13.4. The second kappa shape index (κ2) is 6.10. The van der Waals surface area contributed by atoms with Gasteiger partial charge in [-0.15, -0.1) is 0 Å². The number of carboxylic acids is 1. The van der Waals surface area contributed by atoms with Crippen LogP contribution in [-0.2, 0) is 16.0 Å². The van der Waals surface area contributed by atoms with Crippen molar-refractivity contribution in [3.63, 3.8) is 0 Å². The van der Waals surface area contributed by atoms with Gasteiger partial charge in [0.15, 0.2) is 0 Å². The molecule has 2 rings (SSSR count). The average Bonchev–Trinajstić information content (AvgIpc) is 3.03. The number of aryl methyl sites for hydroxylation is 2. The lowest BCUT2D eigenvalue weighted by Crippen LogP contribution is -2.40. The molecule has 1 fully saturated rings.